The molecule has 2 aliphatic heterocycles. The third-order valence-corrected chi connectivity index (χ3v) is 6.85. The fourth-order valence-corrected chi connectivity index (χ4v) is 5.06. The van der Waals surface area contributed by atoms with Gasteiger partial charge in [-0.3, -0.25) is 9.36 Å². The molecule has 3 heterocycles. The summed E-state index contributed by atoms with van der Waals surface area (Å²) < 4.78 is 7.66. The Morgan fingerprint density at radius 2 is 1.83 bits per heavy atom. The highest BCUT2D eigenvalue weighted by Crippen LogP contribution is 2.32. The highest BCUT2D eigenvalue weighted by Gasteiger charge is 2.28. The van der Waals surface area contributed by atoms with Crippen LogP contribution in [0.25, 0.3) is 5.69 Å². The number of amides is 1. The molecule has 0 unspecified atom stereocenters. The van der Waals surface area contributed by atoms with Gasteiger partial charge in [-0.15, -0.1) is 10.2 Å². The topological polar surface area (TPSA) is 63.5 Å². The number of morpholine rings is 1. The fourth-order valence-electron chi connectivity index (χ4n) is 4.13. The minimum atomic E-state index is -0.197. The molecule has 2 aliphatic rings. The molecule has 2 saturated heterocycles. The number of hydrogen-bond acceptors (Lipinski definition) is 6. The van der Waals surface area contributed by atoms with Crippen molar-refractivity contribution in [2.45, 2.75) is 49.9 Å². The van der Waals surface area contributed by atoms with Gasteiger partial charge in [-0.2, -0.15) is 0 Å². The summed E-state index contributed by atoms with van der Waals surface area (Å²) in [5.41, 5.74) is 2.33. The van der Waals surface area contributed by atoms with Crippen molar-refractivity contribution in [3.63, 3.8) is 0 Å². The standard InChI is InChI=1S/C22H31N5O2S/c1-3-18-9-5-6-10-19(18)27-21(26-13-15-29-16-14-26)23-24-22(27)30-17(2)20(28)25-11-7-4-8-12-25/h5-6,9-10,17H,3-4,7-8,11-16H2,1-2H3/t17-/m0/s1. The molecule has 0 bridgehead atoms. The van der Waals surface area contributed by atoms with Gasteiger partial charge in [0.25, 0.3) is 0 Å². The van der Waals surface area contributed by atoms with Gasteiger partial charge in [-0.1, -0.05) is 36.9 Å². The normalized spacial score (nSPS) is 18.5. The maximum atomic E-state index is 13.0. The molecule has 7 nitrogen and oxygen atoms in total. The van der Waals surface area contributed by atoms with E-state index in [4.69, 9.17) is 4.74 Å². The van der Waals surface area contributed by atoms with E-state index in [1.54, 1.807) is 0 Å². The van der Waals surface area contributed by atoms with Gasteiger partial charge in [0.15, 0.2) is 5.16 Å². The fraction of sp³-hybridized carbons (Fsp3) is 0.591. The van der Waals surface area contributed by atoms with Crippen LogP contribution in [0.15, 0.2) is 29.4 Å². The van der Waals surface area contributed by atoms with Gasteiger partial charge in [0.1, 0.15) is 0 Å². The number of benzene rings is 1. The van der Waals surface area contributed by atoms with Crippen molar-refractivity contribution < 1.29 is 9.53 Å². The van der Waals surface area contributed by atoms with E-state index >= 15 is 0 Å². The summed E-state index contributed by atoms with van der Waals surface area (Å²) in [6.07, 6.45) is 4.34. The van der Waals surface area contributed by atoms with E-state index in [9.17, 15) is 4.79 Å². The van der Waals surface area contributed by atoms with E-state index in [2.05, 4.69) is 44.8 Å². The van der Waals surface area contributed by atoms with Gasteiger partial charge in [0.2, 0.25) is 11.9 Å². The van der Waals surface area contributed by atoms with Crippen LogP contribution < -0.4 is 4.90 Å². The van der Waals surface area contributed by atoms with Crippen LogP contribution >= 0.6 is 11.8 Å². The lowest BCUT2D eigenvalue weighted by Gasteiger charge is -2.29. The number of thioether (sulfide) groups is 1. The quantitative estimate of drug-likeness (QED) is 0.658. The molecular formula is C22H31N5O2S. The Labute approximate surface area is 182 Å². The molecule has 2 fully saturated rings. The summed E-state index contributed by atoms with van der Waals surface area (Å²) in [6, 6.07) is 8.38. The number of hydrogen-bond donors (Lipinski definition) is 0. The number of carbonyl (C=O) groups excluding carboxylic acids is 1. The van der Waals surface area contributed by atoms with Gasteiger partial charge in [-0.25, -0.2) is 0 Å². The van der Waals surface area contributed by atoms with Crippen LogP contribution in [0.4, 0.5) is 5.95 Å². The lowest BCUT2D eigenvalue weighted by Crippen LogP contribution is -2.40. The second-order valence-corrected chi connectivity index (χ2v) is 9.15. The van der Waals surface area contributed by atoms with Crippen LogP contribution in [0.1, 0.15) is 38.7 Å². The second-order valence-electron chi connectivity index (χ2n) is 7.85. The highest BCUT2D eigenvalue weighted by molar-refractivity contribution is 8.00. The summed E-state index contributed by atoms with van der Waals surface area (Å²) in [7, 11) is 0. The first-order chi connectivity index (χ1) is 14.7. The van der Waals surface area contributed by atoms with Crippen LogP contribution in [-0.4, -0.2) is 70.2 Å². The largest absolute Gasteiger partial charge is 0.378 e. The van der Waals surface area contributed by atoms with Gasteiger partial charge in [0.05, 0.1) is 24.2 Å². The van der Waals surface area contributed by atoms with Gasteiger partial charge < -0.3 is 14.5 Å². The van der Waals surface area contributed by atoms with Crippen LogP contribution in [-0.2, 0) is 16.0 Å². The number of likely N-dealkylation sites (tertiary alicyclic amines) is 1. The van der Waals surface area contributed by atoms with Crippen molar-refractivity contribution in [3.05, 3.63) is 29.8 Å². The highest BCUT2D eigenvalue weighted by atomic mass is 32.2. The average molecular weight is 430 g/mol. The Morgan fingerprint density at radius 1 is 1.10 bits per heavy atom. The van der Waals surface area contributed by atoms with E-state index < -0.39 is 0 Å². The maximum absolute atomic E-state index is 13.0. The molecule has 1 aromatic carbocycles. The van der Waals surface area contributed by atoms with Crippen molar-refractivity contribution in [3.8, 4) is 5.69 Å². The van der Waals surface area contributed by atoms with Gasteiger partial charge in [0, 0.05) is 26.2 Å². The molecule has 0 spiro atoms. The Kier molecular flexibility index (Phi) is 6.94. The molecule has 2 aromatic rings. The van der Waals surface area contributed by atoms with Crippen molar-refractivity contribution in [1.82, 2.24) is 19.7 Å². The zero-order chi connectivity index (χ0) is 20.9. The lowest BCUT2D eigenvalue weighted by atomic mass is 10.1. The van der Waals surface area contributed by atoms with Crippen molar-refractivity contribution in [2.24, 2.45) is 0 Å². The van der Waals surface area contributed by atoms with Crippen LogP contribution in [0.5, 0.6) is 0 Å². The molecule has 8 heteroatoms. The van der Waals surface area contributed by atoms with Crippen molar-refractivity contribution in [1.29, 1.82) is 0 Å². The smallest absolute Gasteiger partial charge is 0.235 e. The molecular weight excluding hydrogens is 398 g/mol. The zero-order valence-corrected chi connectivity index (χ0v) is 18.7. The summed E-state index contributed by atoms with van der Waals surface area (Å²) in [4.78, 5) is 17.2. The van der Waals surface area contributed by atoms with Crippen LogP contribution in [0.3, 0.4) is 0 Å². The molecule has 1 atom stereocenters. The van der Waals surface area contributed by atoms with Crippen molar-refractivity contribution in [2.75, 3.05) is 44.3 Å². The average Bonchev–Trinajstić information content (AvgIpc) is 3.22. The number of para-hydroxylation sites is 1. The van der Waals surface area contributed by atoms with E-state index in [0.717, 1.165) is 62.2 Å². The Morgan fingerprint density at radius 3 is 2.57 bits per heavy atom. The third-order valence-electron chi connectivity index (χ3n) is 5.82. The number of aryl methyl sites for hydroxylation is 1. The van der Waals surface area contributed by atoms with Crippen LogP contribution in [0.2, 0.25) is 0 Å². The monoisotopic (exact) mass is 429 g/mol. The van der Waals surface area contributed by atoms with Crippen LogP contribution in [0, 0.1) is 0 Å². The summed E-state index contributed by atoms with van der Waals surface area (Å²) in [5, 5.41) is 9.66. The van der Waals surface area contributed by atoms with E-state index in [1.165, 1.54) is 23.7 Å². The predicted molar refractivity (Wildman–Crippen MR) is 120 cm³/mol. The van der Waals surface area contributed by atoms with E-state index in [0.29, 0.717) is 13.2 Å². The summed E-state index contributed by atoms with van der Waals surface area (Å²) >= 11 is 1.51. The molecule has 30 heavy (non-hydrogen) atoms. The maximum Gasteiger partial charge on any atom is 0.235 e. The number of aromatic nitrogens is 3. The molecule has 0 radical (unpaired) electrons. The molecule has 1 amide bonds. The SMILES string of the molecule is CCc1ccccc1-n1c(S[C@@H](C)C(=O)N2CCCCC2)nnc1N1CCOCC1. The number of anilines is 1. The number of nitrogens with zero attached hydrogens (tertiary/aromatic N) is 5. The van der Waals surface area contributed by atoms with Crippen molar-refractivity contribution >= 4 is 23.6 Å². The summed E-state index contributed by atoms with van der Waals surface area (Å²) in [6.45, 7) is 8.85. The summed E-state index contributed by atoms with van der Waals surface area (Å²) in [5.74, 6) is 1.03. The first kappa shape index (κ1) is 21.2. The minimum absolute atomic E-state index is 0.197. The minimum Gasteiger partial charge on any atom is -0.378 e. The zero-order valence-electron chi connectivity index (χ0n) is 17.9. The lowest BCUT2D eigenvalue weighted by molar-refractivity contribution is -0.131. The first-order valence-corrected chi connectivity index (χ1v) is 11.9. The number of carbonyl (C=O) groups is 1. The Bertz CT molecular complexity index is 859. The number of rotatable bonds is 6. The van der Waals surface area contributed by atoms with Gasteiger partial charge >= 0.3 is 0 Å². The third kappa shape index (κ3) is 4.49. The first-order valence-electron chi connectivity index (χ1n) is 11.0. The van der Waals surface area contributed by atoms with Gasteiger partial charge in [-0.05, 0) is 44.2 Å². The molecule has 162 valence electrons. The molecule has 0 saturated carbocycles. The number of ether oxygens (including phenoxy) is 1. The Balaban J connectivity index is 1.65. The van der Waals surface area contributed by atoms with E-state index in [1.807, 2.05) is 17.9 Å². The predicted octanol–water partition coefficient (Wildman–Crippen LogP) is 3.16. The molecule has 1 aromatic heterocycles. The molecule has 0 aliphatic carbocycles. The second kappa shape index (κ2) is 9.83. The Hall–Kier alpha value is -2.06. The molecule has 0 N–H and O–H groups in total. The van der Waals surface area contributed by atoms with E-state index in [-0.39, 0.29) is 11.2 Å². The molecule has 4 rings (SSSR count). The number of piperidine rings is 1.